The van der Waals surface area contributed by atoms with Crippen LogP contribution in [0, 0.1) is 5.92 Å². The molecule has 0 saturated heterocycles. The van der Waals surface area contributed by atoms with Crippen molar-refractivity contribution >= 4 is 22.8 Å². The van der Waals surface area contributed by atoms with Crippen molar-refractivity contribution in [3.63, 3.8) is 0 Å². The monoisotopic (exact) mass is 272 g/mol. The van der Waals surface area contributed by atoms with Crippen molar-refractivity contribution in [3.05, 3.63) is 36.0 Å². The Hall–Kier alpha value is -2.30. The second-order valence-corrected chi connectivity index (χ2v) is 5.30. The van der Waals surface area contributed by atoms with E-state index < -0.39 is 5.97 Å². The number of carboxylic acid groups (broad SMARTS) is 1. The summed E-state index contributed by atoms with van der Waals surface area (Å²) in [4.78, 5) is 26.1. The number of nitrogens with one attached hydrogen (secondary N) is 2. The SMILES string of the molecule is O=C(N[C@H]1CC[C@@H](C(=O)O)C1)c1ccc2cc[nH]c2c1. The molecule has 1 amide bonds. The molecule has 0 bridgehead atoms. The van der Waals surface area contributed by atoms with Crippen LogP contribution in [0.15, 0.2) is 30.5 Å². The van der Waals surface area contributed by atoms with E-state index in [-0.39, 0.29) is 17.9 Å². The van der Waals surface area contributed by atoms with E-state index in [0.29, 0.717) is 18.4 Å². The maximum atomic E-state index is 12.2. The summed E-state index contributed by atoms with van der Waals surface area (Å²) in [6.45, 7) is 0. The molecular formula is C15H16N2O3. The summed E-state index contributed by atoms with van der Waals surface area (Å²) in [7, 11) is 0. The molecule has 1 aliphatic rings. The van der Waals surface area contributed by atoms with Crippen LogP contribution in [0.1, 0.15) is 29.6 Å². The van der Waals surface area contributed by atoms with Gasteiger partial charge >= 0.3 is 5.97 Å². The molecule has 0 aliphatic heterocycles. The Morgan fingerprint density at radius 2 is 2.10 bits per heavy atom. The lowest BCUT2D eigenvalue weighted by atomic mass is 10.1. The smallest absolute Gasteiger partial charge is 0.306 e. The molecule has 2 atom stereocenters. The van der Waals surface area contributed by atoms with Crippen molar-refractivity contribution in [2.24, 2.45) is 5.92 Å². The van der Waals surface area contributed by atoms with E-state index in [0.717, 1.165) is 17.3 Å². The number of carbonyl (C=O) groups is 2. The van der Waals surface area contributed by atoms with Gasteiger partial charge in [0.25, 0.3) is 5.91 Å². The highest BCUT2D eigenvalue weighted by Crippen LogP contribution is 2.26. The third kappa shape index (κ3) is 2.39. The first-order valence-corrected chi connectivity index (χ1v) is 6.74. The van der Waals surface area contributed by atoms with Gasteiger partial charge < -0.3 is 15.4 Å². The van der Waals surface area contributed by atoms with Crippen LogP contribution in [0.3, 0.4) is 0 Å². The van der Waals surface area contributed by atoms with Gasteiger partial charge in [-0.3, -0.25) is 9.59 Å². The Kier molecular flexibility index (Phi) is 3.18. The quantitative estimate of drug-likeness (QED) is 0.800. The van der Waals surface area contributed by atoms with Crippen LogP contribution < -0.4 is 5.32 Å². The van der Waals surface area contributed by atoms with Crippen molar-refractivity contribution in [1.82, 2.24) is 10.3 Å². The van der Waals surface area contributed by atoms with Crippen molar-refractivity contribution in [1.29, 1.82) is 0 Å². The van der Waals surface area contributed by atoms with Gasteiger partial charge in [0, 0.05) is 23.3 Å². The zero-order valence-electron chi connectivity index (χ0n) is 10.9. The van der Waals surface area contributed by atoms with E-state index in [2.05, 4.69) is 10.3 Å². The maximum absolute atomic E-state index is 12.2. The van der Waals surface area contributed by atoms with Crippen LogP contribution in [0.25, 0.3) is 10.9 Å². The number of rotatable bonds is 3. The van der Waals surface area contributed by atoms with Gasteiger partial charge in [-0.15, -0.1) is 0 Å². The van der Waals surface area contributed by atoms with Gasteiger partial charge in [-0.2, -0.15) is 0 Å². The zero-order chi connectivity index (χ0) is 14.1. The van der Waals surface area contributed by atoms with Crippen LogP contribution in [-0.4, -0.2) is 28.0 Å². The van der Waals surface area contributed by atoms with Gasteiger partial charge in [0.15, 0.2) is 0 Å². The molecule has 2 aromatic rings. The first-order chi connectivity index (χ1) is 9.63. The third-order valence-corrected chi connectivity index (χ3v) is 3.93. The van der Waals surface area contributed by atoms with Gasteiger partial charge in [-0.1, -0.05) is 6.07 Å². The number of carboxylic acids is 1. The molecule has 5 heteroatoms. The Bertz CT molecular complexity index is 662. The van der Waals surface area contributed by atoms with Gasteiger partial charge in [-0.05, 0) is 42.8 Å². The summed E-state index contributed by atoms with van der Waals surface area (Å²) in [5.41, 5.74) is 1.52. The number of hydrogen-bond donors (Lipinski definition) is 3. The van der Waals surface area contributed by atoms with E-state index in [1.165, 1.54) is 0 Å². The number of aromatic amines is 1. The van der Waals surface area contributed by atoms with Crippen LogP contribution in [0.2, 0.25) is 0 Å². The minimum atomic E-state index is -0.769. The van der Waals surface area contributed by atoms with Crippen molar-refractivity contribution < 1.29 is 14.7 Å². The van der Waals surface area contributed by atoms with Crippen LogP contribution >= 0.6 is 0 Å². The second-order valence-electron chi connectivity index (χ2n) is 5.30. The lowest BCUT2D eigenvalue weighted by Crippen LogP contribution is -2.33. The van der Waals surface area contributed by atoms with Crippen molar-refractivity contribution in [2.45, 2.75) is 25.3 Å². The summed E-state index contributed by atoms with van der Waals surface area (Å²) < 4.78 is 0. The van der Waals surface area contributed by atoms with E-state index in [1.807, 2.05) is 24.4 Å². The number of aliphatic carboxylic acids is 1. The number of fused-ring (bicyclic) bond motifs is 1. The molecule has 0 spiro atoms. The van der Waals surface area contributed by atoms with Crippen LogP contribution in [0.4, 0.5) is 0 Å². The third-order valence-electron chi connectivity index (χ3n) is 3.93. The molecule has 1 heterocycles. The fourth-order valence-electron chi connectivity index (χ4n) is 2.79. The number of benzene rings is 1. The van der Waals surface area contributed by atoms with Gasteiger partial charge in [0.2, 0.25) is 0 Å². The summed E-state index contributed by atoms with van der Waals surface area (Å²) in [6, 6.07) is 7.41. The average molecular weight is 272 g/mol. The van der Waals surface area contributed by atoms with Crippen LogP contribution in [-0.2, 0) is 4.79 Å². The lowest BCUT2D eigenvalue weighted by molar-refractivity contribution is -0.141. The lowest BCUT2D eigenvalue weighted by Gasteiger charge is -2.12. The molecule has 1 saturated carbocycles. The Morgan fingerprint density at radius 1 is 1.25 bits per heavy atom. The van der Waals surface area contributed by atoms with Gasteiger partial charge in [-0.25, -0.2) is 0 Å². The van der Waals surface area contributed by atoms with Gasteiger partial charge in [0.05, 0.1) is 5.92 Å². The normalized spacial score (nSPS) is 22.0. The number of aromatic nitrogens is 1. The number of carbonyl (C=O) groups excluding carboxylic acids is 1. The van der Waals surface area contributed by atoms with E-state index in [4.69, 9.17) is 5.11 Å². The first kappa shape index (κ1) is 12.7. The van der Waals surface area contributed by atoms with E-state index in [1.54, 1.807) is 6.07 Å². The summed E-state index contributed by atoms with van der Waals surface area (Å²) in [6.07, 6.45) is 3.72. The zero-order valence-corrected chi connectivity index (χ0v) is 10.9. The van der Waals surface area contributed by atoms with Gasteiger partial charge in [0.1, 0.15) is 0 Å². The fraction of sp³-hybridized carbons (Fsp3) is 0.333. The molecule has 3 N–H and O–H groups in total. The fourth-order valence-corrected chi connectivity index (χ4v) is 2.79. The topological polar surface area (TPSA) is 82.2 Å². The van der Waals surface area contributed by atoms with E-state index in [9.17, 15) is 9.59 Å². The van der Waals surface area contributed by atoms with Crippen LogP contribution in [0.5, 0.6) is 0 Å². The molecule has 3 rings (SSSR count). The minimum Gasteiger partial charge on any atom is -0.481 e. The van der Waals surface area contributed by atoms with Crippen molar-refractivity contribution in [3.8, 4) is 0 Å². The predicted octanol–water partition coefficient (Wildman–Crippen LogP) is 2.15. The Balaban J connectivity index is 1.68. The molecule has 20 heavy (non-hydrogen) atoms. The highest BCUT2D eigenvalue weighted by Gasteiger charge is 2.30. The molecule has 1 aliphatic carbocycles. The average Bonchev–Trinajstić information content (AvgIpc) is 3.05. The largest absolute Gasteiger partial charge is 0.481 e. The molecule has 0 unspecified atom stereocenters. The highest BCUT2D eigenvalue weighted by atomic mass is 16.4. The molecule has 1 aromatic carbocycles. The maximum Gasteiger partial charge on any atom is 0.306 e. The first-order valence-electron chi connectivity index (χ1n) is 6.74. The second kappa shape index (κ2) is 5.00. The summed E-state index contributed by atoms with van der Waals surface area (Å²) >= 11 is 0. The molecule has 0 radical (unpaired) electrons. The Labute approximate surface area is 116 Å². The minimum absolute atomic E-state index is 0.0389. The Morgan fingerprint density at radius 3 is 2.85 bits per heavy atom. The highest BCUT2D eigenvalue weighted by molar-refractivity contribution is 5.98. The van der Waals surface area contributed by atoms with Crippen molar-refractivity contribution in [2.75, 3.05) is 0 Å². The summed E-state index contributed by atoms with van der Waals surface area (Å²) in [5.74, 6) is -1.24. The number of H-pyrrole nitrogens is 1. The predicted molar refractivity (Wildman–Crippen MR) is 74.5 cm³/mol. The standard InChI is InChI=1S/C15H16N2O3/c18-14(17-12-4-3-11(7-12)15(19)20)10-2-1-9-5-6-16-13(9)8-10/h1-2,5-6,8,11-12,16H,3-4,7H2,(H,17,18)(H,19,20)/t11-,12+/m1/s1. The molecular weight excluding hydrogens is 256 g/mol. The number of hydrogen-bond acceptors (Lipinski definition) is 2. The molecule has 1 fully saturated rings. The molecule has 5 nitrogen and oxygen atoms in total. The summed E-state index contributed by atoms with van der Waals surface area (Å²) in [5, 5.41) is 12.9. The number of amides is 1. The van der Waals surface area contributed by atoms with E-state index >= 15 is 0 Å². The molecule has 1 aromatic heterocycles. The molecule has 104 valence electrons.